The van der Waals surface area contributed by atoms with E-state index in [0.717, 1.165) is 14.6 Å². The summed E-state index contributed by atoms with van der Waals surface area (Å²) in [4.78, 5) is 4.25. The van der Waals surface area contributed by atoms with Gasteiger partial charge in [0.1, 0.15) is 0 Å². The highest BCUT2D eigenvalue weighted by molar-refractivity contribution is 9.11. The Morgan fingerprint density at radius 3 is 2.86 bits per heavy atom. The monoisotopic (exact) mass is 323 g/mol. The first-order valence-corrected chi connectivity index (χ1v) is 5.53. The van der Waals surface area contributed by atoms with Crippen molar-refractivity contribution in [1.82, 2.24) is 10.4 Å². The Kier molecular flexibility index (Phi) is 4.97. The number of hydrazine groups is 1. The van der Waals surface area contributed by atoms with Crippen LogP contribution in [0, 0.1) is 0 Å². The van der Waals surface area contributed by atoms with Gasteiger partial charge in [-0.05, 0) is 37.9 Å². The molecule has 14 heavy (non-hydrogen) atoms. The molecule has 0 fully saturated rings. The Labute approximate surface area is 99.5 Å². The van der Waals surface area contributed by atoms with Crippen LogP contribution in [-0.2, 0) is 4.74 Å². The van der Waals surface area contributed by atoms with Gasteiger partial charge in [0.15, 0.2) is 0 Å². The van der Waals surface area contributed by atoms with Crippen LogP contribution in [0.1, 0.15) is 11.7 Å². The molecule has 1 heterocycles. The van der Waals surface area contributed by atoms with E-state index in [0.29, 0.717) is 6.61 Å². The summed E-state index contributed by atoms with van der Waals surface area (Å²) in [6.07, 6.45) is 1.72. The lowest BCUT2D eigenvalue weighted by molar-refractivity contribution is 0.165. The van der Waals surface area contributed by atoms with Crippen LogP contribution in [0.4, 0.5) is 0 Å². The van der Waals surface area contributed by atoms with Gasteiger partial charge in [0.25, 0.3) is 0 Å². The van der Waals surface area contributed by atoms with E-state index in [9.17, 15) is 0 Å². The number of hydrogen-bond donors (Lipinski definition) is 2. The lowest BCUT2D eigenvalue weighted by Gasteiger charge is -2.15. The van der Waals surface area contributed by atoms with Crippen molar-refractivity contribution < 1.29 is 4.74 Å². The average molecular weight is 325 g/mol. The summed E-state index contributed by atoms with van der Waals surface area (Å²) >= 11 is 6.75. The molecule has 3 N–H and O–H groups in total. The minimum Gasteiger partial charge on any atom is -0.383 e. The number of ether oxygens (including phenoxy) is 1. The number of rotatable bonds is 4. The van der Waals surface area contributed by atoms with Crippen LogP contribution in [0.3, 0.4) is 0 Å². The second kappa shape index (κ2) is 5.77. The van der Waals surface area contributed by atoms with E-state index in [-0.39, 0.29) is 6.04 Å². The zero-order valence-electron chi connectivity index (χ0n) is 7.63. The molecule has 78 valence electrons. The summed E-state index contributed by atoms with van der Waals surface area (Å²) in [6, 6.07) is 1.81. The summed E-state index contributed by atoms with van der Waals surface area (Å²) in [5.74, 6) is 5.40. The third kappa shape index (κ3) is 2.99. The highest BCUT2D eigenvalue weighted by Crippen LogP contribution is 2.24. The number of aromatic nitrogens is 1. The number of hydrogen-bond acceptors (Lipinski definition) is 4. The predicted molar refractivity (Wildman–Crippen MR) is 61.6 cm³/mol. The zero-order valence-corrected chi connectivity index (χ0v) is 10.8. The van der Waals surface area contributed by atoms with E-state index in [1.165, 1.54) is 0 Å². The molecule has 0 aromatic carbocycles. The SMILES string of the molecule is COCC(NN)c1ncc(Br)cc1Br. The molecule has 0 aliphatic heterocycles. The van der Waals surface area contributed by atoms with Gasteiger partial charge in [-0.3, -0.25) is 10.8 Å². The predicted octanol–water partition coefficient (Wildman–Crippen LogP) is 1.76. The maximum absolute atomic E-state index is 5.40. The van der Waals surface area contributed by atoms with E-state index in [1.807, 2.05) is 6.07 Å². The Bertz CT molecular complexity index is 309. The normalized spacial score (nSPS) is 12.9. The molecule has 0 saturated heterocycles. The van der Waals surface area contributed by atoms with Crippen molar-refractivity contribution in [3.05, 3.63) is 26.9 Å². The third-order valence-electron chi connectivity index (χ3n) is 1.70. The van der Waals surface area contributed by atoms with Crippen molar-refractivity contribution in [3.8, 4) is 0 Å². The minimum absolute atomic E-state index is 0.109. The molecule has 0 spiro atoms. The van der Waals surface area contributed by atoms with Gasteiger partial charge in [-0.2, -0.15) is 0 Å². The molecule has 0 aliphatic rings. The Balaban J connectivity index is 2.92. The van der Waals surface area contributed by atoms with E-state index >= 15 is 0 Å². The second-order valence-electron chi connectivity index (χ2n) is 2.70. The molecule has 0 bridgehead atoms. The van der Waals surface area contributed by atoms with Gasteiger partial charge in [0.2, 0.25) is 0 Å². The first-order chi connectivity index (χ1) is 6.69. The fourth-order valence-electron chi connectivity index (χ4n) is 1.05. The fourth-order valence-corrected chi connectivity index (χ4v) is 2.32. The first kappa shape index (κ1) is 12.1. The van der Waals surface area contributed by atoms with E-state index < -0.39 is 0 Å². The largest absolute Gasteiger partial charge is 0.383 e. The number of nitrogens with one attached hydrogen (secondary N) is 1. The number of nitrogens with zero attached hydrogens (tertiary/aromatic N) is 1. The summed E-state index contributed by atoms with van der Waals surface area (Å²) < 4.78 is 6.83. The fraction of sp³-hybridized carbons (Fsp3) is 0.375. The molecule has 1 unspecified atom stereocenters. The van der Waals surface area contributed by atoms with Gasteiger partial charge in [0.05, 0.1) is 18.3 Å². The van der Waals surface area contributed by atoms with Crippen LogP contribution >= 0.6 is 31.9 Å². The van der Waals surface area contributed by atoms with Crippen LogP contribution in [0.5, 0.6) is 0 Å². The van der Waals surface area contributed by atoms with Crippen LogP contribution in [-0.4, -0.2) is 18.7 Å². The smallest absolute Gasteiger partial charge is 0.0876 e. The van der Waals surface area contributed by atoms with Gasteiger partial charge in [-0.15, -0.1) is 0 Å². The lowest BCUT2D eigenvalue weighted by atomic mass is 10.2. The van der Waals surface area contributed by atoms with Crippen molar-refractivity contribution in [2.75, 3.05) is 13.7 Å². The summed E-state index contributed by atoms with van der Waals surface area (Å²) in [5, 5.41) is 0. The van der Waals surface area contributed by atoms with Gasteiger partial charge >= 0.3 is 0 Å². The topological polar surface area (TPSA) is 60.2 Å². The van der Waals surface area contributed by atoms with Crippen molar-refractivity contribution in [2.24, 2.45) is 5.84 Å². The molecule has 0 saturated carbocycles. The maximum Gasteiger partial charge on any atom is 0.0876 e. The van der Waals surface area contributed by atoms with Crippen LogP contribution in [0.25, 0.3) is 0 Å². The number of methoxy groups -OCH3 is 1. The van der Waals surface area contributed by atoms with E-state index in [4.69, 9.17) is 10.6 Å². The molecule has 1 rings (SSSR count). The van der Waals surface area contributed by atoms with Crippen LogP contribution in [0.2, 0.25) is 0 Å². The van der Waals surface area contributed by atoms with Gasteiger partial charge < -0.3 is 4.74 Å². The number of nitrogens with two attached hydrogens (primary N) is 1. The van der Waals surface area contributed by atoms with Crippen molar-refractivity contribution in [3.63, 3.8) is 0 Å². The third-order valence-corrected chi connectivity index (χ3v) is 2.77. The average Bonchev–Trinajstić information content (AvgIpc) is 2.15. The highest BCUT2D eigenvalue weighted by Gasteiger charge is 2.14. The van der Waals surface area contributed by atoms with E-state index in [1.54, 1.807) is 13.3 Å². The summed E-state index contributed by atoms with van der Waals surface area (Å²) in [6.45, 7) is 0.476. The standard InChI is InChI=1S/C8H11Br2N3O/c1-14-4-7(13-11)8-6(10)2-5(9)3-12-8/h2-3,7,13H,4,11H2,1H3. The Morgan fingerprint density at radius 2 is 2.36 bits per heavy atom. The Morgan fingerprint density at radius 1 is 1.64 bits per heavy atom. The molecular weight excluding hydrogens is 314 g/mol. The van der Waals surface area contributed by atoms with Crippen molar-refractivity contribution in [1.29, 1.82) is 0 Å². The van der Waals surface area contributed by atoms with Gasteiger partial charge in [-0.25, -0.2) is 5.43 Å². The lowest BCUT2D eigenvalue weighted by Crippen LogP contribution is -2.32. The molecule has 0 aliphatic carbocycles. The van der Waals surface area contributed by atoms with E-state index in [2.05, 4.69) is 42.3 Å². The van der Waals surface area contributed by atoms with Gasteiger partial charge in [0, 0.05) is 22.3 Å². The summed E-state index contributed by atoms with van der Waals surface area (Å²) in [5.41, 5.74) is 3.48. The molecule has 0 amide bonds. The molecule has 6 heteroatoms. The van der Waals surface area contributed by atoms with Crippen LogP contribution < -0.4 is 11.3 Å². The highest BCUT2D eigenvalue weighted by atomic mass is 79.9. The molecule has 4 nitrogen and oxygen atoms in total. The molecule has 1 aromatic rings. The zero-order chi connectivity index (χ0) is 10.6. The van der Waals surface area contributed by atoms with Crippen molar-refractivity contribution >= 4 is 31.9 Å². The maximum atomic E-state index is 5.40. The molecular formula is C8H11Br2N3O. The molecule has 1 atom stereocenters. The molecule has 1 aromatic heterocycles. The van der Waals surface area contributed by atoms with Crippen molar-refractivity contribution in [2.45, 2.75) is 6.04 Å². The number of pyridine rings is 1. The molecule has 0 radical (unpaired) electrons. The van der Waals surface area contributed by atoms with Gasteiger partial charge in [-0.1, -0.05) is 0 Å². The Hall–Kier alpha value is -0.0100. The first-order valence-electron chi connectivity index (χ1n) is 3.95. The number of halogens is 2. The minimum atomic E-state index is -0.109. The quantitative estimate of drug-likeness (QED) is 0.654. The summed E-state index contributed by atoms with van der Waals surface area (Å²) in [7, 11) is 1.62. The van der Waals surface area contributed by atoms with Crippen LogP contribution in [0.15, 0.2) is 21.2 Å². The second-order valence-corrected chi connectivity index (χ2v) is 4.47.